The molecule has 1 aromatic heterocycles. The molecule has 0 bridgehead atoms. The smallest absolute Gasteiger partial charge is 0.343 e. The maximum absolute atomic E-state index is 13.5. The number of hydrogen-bond donors (Lipinski definition) is 0. The number of anilines is 2. The first-order valence-corrected chi connectivity index (χ1v) is 16.0. The summed E-state index contributed by atoms with van der Waals surface area (Å²) in [5.41, 5.74) is 7.80. The van der Waals surface area contributed by atoms with Crippen molar-refractivity contribution in [2.75, 3.05) is 37.0 Å². The molecule has 0 amide bonds. The third-order valence-electron chi connectivity index (χ3n) is 9.70. The Kier molecular flexibility index (Phi) is 7.98. The molecule has 0 aliphatic carbocycles. The van der Waals surface area contributed by atoms with Gasteiger partial charge in [-0.25, -0.2) is 14.9 Å². The van der Waals surface area contributed by atoms with Crippen LogP contribution in [-0.4, -0.2) is 27.2 Å². The summed E-state index contributed by atoms with van der Waals surface area (Å²) in [5.74, 6) is 0.871. The summed E-state index contributed by atoms with van der Waals surface area (Å²) in [6.45, 7) is 20.6. The molecular formula is C40H40N4O3. The van der Waals surface area contributed by atoms with Crippen molar-refractivity contribution in [3.8, 4) is 6.07 Å². The lowest BCUT2D eigenvalue weighted by Gasteiger charge is -2.48. The lowest BCUT2D eigenvalue weighted by molar-refractivity contribution is 0.332. The first-order chi connectivity index (χ1) is 22.3. The molecule has 0 N–H and O–H groups in total. The Bertz CT molecular complexity index is 2090. The first kappa shape index (κ1) is 31.7. The molecule has 0 unspecified atom stereocenters. The number of nitriles is 1. The van der Waals surface area contributed by atoms with Crippen molar-refractivity contribution in [1.82, 2.24) is 0 Å². The van der Waals surface area contributed by atoms with Crippen LogP contribution in [0.25, 0.3) is 28.0 Å². The van der Waals surface area contributed by atoms with Crippen molar-refractivity contribution in [2.24, 2.45) is 0 Å². The standard InChI is InChI=1S/C40H40N4O3/c1-25-19-30(43(7)8)12-9-26(25)10-13-31-21-28(34(24-41)42-6)22-32(46-31)14-11-27-20-29-23-33-36-35(37(29)47-38(27)45)40(4,5)16-18-44(36)17-15-39(33,2)3/h9-14,19-23H,15-18H2,1-5,7-8H3/b13-10+,14-11+,34-28+. The molecule has 47 heavy (non-hydrogen) atoms. The van der Waals surface area contributed by atoms with Gasteiger partial charge in [0.2, 0.25) is 0 Å². The Morgan fingerprint density at radius 3 is 2.26 bits per heavy atom. The van der Waals surface area contributed by atoms with Crippen molar-refractivity contribution < 1.29 is 9.15 Å². The summed E-state index contributed by atoms with van der Waals surface area (Å²) < 4.78 is 12.3. The zero-order chi connectivity index (χ0) is 33.7. The average molecular weight is 625 g/mol. The molecule has 0 radical (unpaired) electrons. The van der Waals surface area contributed by atoms with Gasteiger partial charge in [0.05, 0.1) is 18.2 Å². The molecule has 7 heteroatoms. The molecule has 7 nitrogen and oxygen atoms in total. The number of aryl methyl sites for hydroxylation is 1. The van der Waals surface area contributed by atoms with Crippen molar-refractivity contribution >= 4 is 34.5 Å². The number of rotatable bonds is 5. The lowest BCUT2D eigenvalue weighted by atomic mass is 9.69. The van der Waals surface area contributed by atoms with Crippen LogP contribution >= 0.6 is 0 Å². The minimum Gasteiger partial charge on any atom is -0.457 e. The number of nitrogens with zero attached hydrogens (tertiary/aromatic N) is 4. The number of ether oxygens (including phenoxy) is 1. The minimum absolute atomic E-state index is 0.00233. The summed E-state index contributed by atoms with van der Waals surface area (Å²) in [6.07, 6.45) is 12.5. The van der Waals surface area contributed by atoms with Crippen molar-refractivity contribution in [1.29, 1.82) is 5.26 Å². The Balaban J connectivity index is 1.38. The SMILES string of the molecule is [C-]#[N+]/C(C#N)=C1C=C(/C=C/c2ccc(N(C)C)cc2C)OC(/C=C/c2cc3cc4c5c(c3oc2=O)C(C)(C)CCN5CCC4(C)C)=C\1. The van der Waals surface area contributed by atoms with Crippen LogP contribution in [0.4, 0.5) is 11.4 Å². The van der Waals surface area contributed by atoms with Crippen molar-refractivity contribution in [3.63, 3.8) is 0 Å². The van der Waals surface area contributed by atoms with Gasteiger partial charge in [0, 0.05) is 49.5 Å². The van der Waals surface area contributed by atoms with E-state index in [-0.39, 0.29) is 16.5 Å². The third kappa shape index (κ3) is 5.90. The number of hydrogen-bond acceptors (Lipinski definition) is 6. The fourth-order valence-corrected chi connectivity index (χ4v) is 6.75. The van der Waals surface area contributed by atoms with E-state index in [1.165, 1.54) is 11.3 Å². The Hall–Kier alpha value is -5.27. The van der Waals surface area contributed by atoms with Crippen molar-refractivity contribution in [3.05, 3.63) is 127 Å². The normalized spacial score (nSPS) is 19.0. The van der Waals surface area contributed by atoms with Crippen LogP contribution in [-0.2, 0) is 15.6 Å². The van der Waals surface area contributed by atoms with Gasteiger partial charge in [-0.1, -0.05) is 39.8 Å². The maximum Gasteiger partial charge on any atom is 0.343 e. The zero-order valence-corrected chi connectivity index (χ0v) is 28.2. The molecular weight excluding hydrogens is 584 g/mol. The van der Waals surface area contributed by atoms with E-state index in [4.69, 9.17) is 15.7 Å². The molecule has 3 aliphatic rings. The van der Waals surface area contributed by atoms with Gasteiger partial charge in [0.1, 0.15) is 17.1 Å². The minimum atomic E-state index is -0.425. The van der Waals surface area contributed by atoms with Crippen LogP contribution in [0.1, 0.15) is 68.4 Å². The van der Waals surface area contributed by atoms with E-state index in [9.17, 15) is 10.1 Å². The quantitative estimate of drug-likeness (QED) is 0.161. The summed E-state index contributed by atoms with van der Waals surface area (Å²) in [4.78, 5) is 21.4. The fraction of sp³-hybridized carbons (Fsp3) is 0.325. The van der Waals surface area contributed by atoms with E-state index in [0.717, 1.165) is 53.7 Å². The van der Waals surface area contributed by atoms with E-state index in [1.807, 2.05) is 57.4 Å². The number of fused-ring (bicyclic) bond motifs is 2. The van der Waals surface area contributed by atoms with Crippen LogP contribution in [0, 0.1) is 24.8 Å². The zero-order valence-electron chi connectivity index (χ0n) is 28.2. The second-order valence-corrected chi connectivity index (χ2v) is 14.1. The molecule has 0 saturated heterocycles. The highest BCUT2D eigenvalue weighted by Crippen LogP contribution is 2.51. The van der Waals surface area contributed by atoms with E-state index in [1.54, 1.807) is 24.3 Å². The van der Waals surface area contributed by atoms with Gasteiger partial charge in [-0.15, -0.1) is 0 Å². The van der Waals surface area contributed by atoms with E-state index < -0.39 is 5.63 Å². The van der Waals surface area contributed by atoms with Gasteiger partial charge in [-0.05, 0) is 108 Å². The second-order valence-electron chi connectivity index (χ2n) is 14.1. The van der Waals surface area contributed by atoms with E-state index in [2.05, 4.69) is 54.5 Å². The molecule has 3 aliphatic heterocycles. The van der Waals surface area contributed by atoms with Gasteiger partial charge in [0.15, 0.2) is 0 Å². The molecule has 0 saturated carbocycles. The summed E-state index contributed by atoms with van der Waals surface area (Å²) in [5, 5.41) is 10.5. The van der Waals surface area contributed by atoms with Crippen LogP contribution in [0.15, 0.2) is 86.6 Å². The van der Waals surface area contributed by atoms with Gasteiger partial charge >= 0.3 is 5.63 Å². The maximum atomic E-state index is 13.5. The second kappa shape index (κ2) is 11.8. The Morgan fingerprint density at radius 2 is 1.64 bits per heavy atom. The first-order valence-electron chi connectivity index (χ1n) is 16.0. The van der Waals surface area contributed by atoms with Crippen LogP contribution in [0.2, 0.25) is 0 Å². The fourth-order valence-electron chi connectivity index (χ4n) is 6.75. The summed E-state index contributed by atoms with van der Waals surface area (Å²) in [7, 11) is 4.01. The molecule has 2 aromatic carbocycles. The molecule has 4 heterocycles. The lowest BCUT2D eigenvalue weighted by Crippen LogP contribution is -2.44. The average Bonchev–Trinajstić information content (AvgIpc) is 3.02. The summed E-state index contributed by atoms with van der Waals surface area (Å²) in [6, 6.07) is 12.3. The largest absolute Gasteiger partial charge is 0.457 e. The molecule has 6 rings (SSSR count). The Labute approximate surface area is 276 Å². The molecule has 238 valence electrons. The molecule has 0 fully saturated rings. The predicted molar refractivity (Wildman–Crippen MR) is 190 cm³/mol. The highest BCUT2D eigenvalue weighted by molar-refractivity contribution is 5.91. The van der Waals surface area contributed by atoms with Gasteiger partial charge in [-0.3, -0.25) is 0 Å². The van der Waals surface area contributed by atoms with Gasteiger partial charge in [0.25, 0.3) is 5.70 Å². The predicted octanol–water partition coefficient (Wildman–Crippen LogP) is 8.56. The number of allylic oxidation sites excluding steroid dienone is 6. The van der Waals surface area contributed by atoms with Crippen LogP contribution in [0.3, 0.4) is 0 Å². The van der Waals surface area contributed by atoms with Crippen LogP contribution in [0.5, 0.6) is 0 Å². The third-order valence-corrected chi connectivity index (χ3v) is 9.70. The highest BCUT2D eigenvalue weighted by atomic mass is 16.5. The van der Waals surface area contributed by atoms with Gasteiger partial charge in [-0.2, -0.15) is 0 Å². The van der Waals surface area contributed by atoms with Crippen molar-refractivity contribution in [2.45, 2.75) is 58.3 Å². The highest BCUT2D eigenvalue weighted by Gasteiger charge is 2.41. The monoisotopic (exact) mass is 624 g/mol. The van der Waals surface area contributed by atoms with E-state index >= 15 is 0 Å². The Morgan fingerprint density at radius 1 is 0.979 bits per heavy atom. The number of benzene rings is 2. The molecule has 3 aromatic rings. The van der Waals surface area contributed by atoms with Crippen LogP contribution < -0.4 is 15.4 Å². The van der Waals surface area contributed by atoms with E-state index in [0.29, 0.717) is 28.2 Å². The molecule has 0 spiro atoms. The molecule has 0 atom stereocenters. The topological polar surface area (TPSA) is 74.1 Å². The summed E-state index contributed by atoms with van der Waals surface area (Å²) >= 11 is 0. The van der Waals surface area contributed by atoms with Gasteiger partial charge < -0.3 is 19.0 Å².